The molecule has 0 spiro atoms. The summed E-state index contributed by atoms with van der Waals surface area (Å²) in [5.41, 5.74) is 1.73. The third kappa shape index (κ3) is 3.90. The summed E-state index contributed by atoms with van der Waals surface area (Å²) in [6, 6.07) is 10.3. The largest absolute Gasteiger partial charge is 0.384 e. The minimum Gasteiger partial charge on any atom is -0.384 e. The van der Waals surface area contributed by atoms with E-state index in [9.17, 15) is 10.1 Å². The van der Waals surface area contributed by atoms with Gasteiger partial charge >= 0.3 is 0 Å². The Balaban J connectivity index is 1.66. The van der Waals surface area contributed by atoms with Crippen molar-refractivity contribution in [1.82, 2.24) is 10.2 Å². The van der Waals surface area contributed by atoms with E-state index in [1.807, 2.05) is 24.3 Å². The van der Waals surface area contributed by atoms with Crippen LogP contribution in [0.2, 0.25) is 0 Å². The second-order valence-corrected chi connectivity index (χ2v) is 6.57. The average molecular weight is 313 g/mol. The van der Waals surface area contributed by atoms with Gasteiger partial charge in [0, 0.05) is 38.7 Å². The summed E-state index contributed by atoms with van der Waals surface area (Å²) < 4.78 is 5.31. The third-order valence-electron chi connectivity index (χ3n) is 4.69. The standard InChI is InChI=1S/C18H23N3O2/c1-23-12-15-10-21(9-14-5-3-2-4-13(14)8-19)11-17(15)18(22)20-16-6-7-16/h2-5,15-17H,6-7,9-12H2,1H3,(H,20,22)/t15-,17+/m0/s1. The molecule has 5 heteroatoms. The molecule has 1 heterocycles. The molecule has 0 bridgehead atoms. The predicted molar refractivity (Wildman–Crippen MR) is 86.5 cm³/mol. The van der Waals surface area contributed by atoms with E-state index in [4.69, 9.17) is 4.74 Å². The fourth-order valence-corrected chi connectivity index (χ4v) is 3.31. The predicted octanol–water partition coefficient (Wildman–Crippen LogP) is 1.53. The number of rotatable bonds is 6. The number of benzene rings is 1. The maximum atomic E-state index is 12.5. The number of hydrogen-bond donors (Lipinski definition) is 1. The molecule has 0 radical (unpaired) electrons. The SMILES string of the molecule is COC[C@@H]1CN(Cc2ccccc2C#N)C[C@H]1C(=O)NC1CC1. The normalized spacial score (nSPS) is 24.3. The lowest BCUT2D eigenvalue weighted by molar-refractivity contribution is -0.126. The van der Waals surface area contributed by atoms with Crippen LogP contribution < -0.4 is 5.32 Å². The molecule has 1 N–H and O–H groups in total. The van der Waals surface area contributed by atoms with Gasteiger partial charge in [0.05, 0.1) is 24.2 Å². The molecule has 1 saturated carbocycles. The van der Waals surface area contributed by atoms with Crippen molar-refractivity contribution in [3.8, 4) is 6.07 Å². The molecule has 0 unspecified atom stereocenters. The molecule has 2 atom stereocenters. The quantitative estimate of drug-likeness (QED) is 0.865. The molecule has 1 aromatic carbocycles. The minimum absolute atomic E-state index is 0.0233. The molecule has 0 aromatic heterocycles. The van der Waals surface area contributed by atoms with E-state index in [1.54, 1.807) is 7.11 Å². The van der Waals surface area contributed by atoms with Gasteiger partial charge in [0.1, 0.15) is 0 Å². The van der Waals surface area contributed by atoms with Crippen LogP contribution in [-0.2, 0) is 16.1 Å². The minimum atomic E-state index is -0.0233. The first-order valence-corrected chi connectivity index (χ1v) is 8.21. The van der Waals surface area contributed by atoms with Gasteiger partial charge in [-0.1, -0.05) is 18.2 Å². The number of likely N-dealkylation sites (tertiary alicyclic amines) is 1. The number of carbonyl (C=O) groups excluding carboxylic acids is 1. The van der Waals surface area contributed by atoms with Gasteiger partial charge in [-0.2, -0.15) is 5.26 Å². The van der Waals surface area contributed by atoms with E-state index < -0.39 is 0 Å². The second-order valence-electron chi connectivity index (χ2n) is 6.57. The zero-order chi connectivity index (χ0) is 16.2. The lowest BCUT2D eigenvalue weighted by Gasteiger charge is -2.17. The van der Waals surface area contributed by atoms with Gasteiger partial charge in [-0.15, -0.1) is 0 Å². The Kier molecular flexibility index (Phi) is 4.94. The number of hydrogen-bond acceptors (Lipinski definition) is 4. The molecular formula is C18H23N3O2. The first-order chi connectivity index (χ1) is 11.2. The van der Waals surface area contributed by atoms with Crippen LogP contribution in [0.25, 0.3) is 0 Å². The molecule has 2 fully saturated rings. The first-order valence-electron chi connectivity index (χ1n) is 8.21. The second kappa shape index (κ2) is 7.12. The van der Waals surface area contributed by atoms with Crippen molar-refractivity contribution in [2.24, 2.45) is 11.8 Å². The number of amides is 1. The van der Waals surface area contributed by atoms with Crippen molar-refractivity contribution in [3.05, 3.63) is 35.4 Å². The summed E-state index contributed by atoms with van der Waals surface area (Å²) in [7, 11) is 1.68. The zero-order valence-corrected chi connectivity index (χ0v) is 13.5. The number of carbonyl (C=O) groups is 1. The van der Waals surface area contributed by atoms with E-state index in [-0.39, 0.29) is 17.7 Å². The molecule has 2 aliphatic rings. The highest BCUT2D eigenvalue weighted by Crippen LogP contribution is 2.28. The molecule has 1 amide bonds. The van der Waals surface area contributed by atoms with Crippen molar-refractivity contribution < 1.29 is 9.53 Å². The Morgan fingerprint density at radius 2 is 2.17 bits per heavy atom. The summed E-state index contributed by atoms with van der Waals surface area (Å²) in [5.74, 6) is 0.350. The van der Waals surface area contributed by atoms with E-state index in [0.29, 0.717) is 24.8 Å². The molecule has 3 rings (SSSR count). The van der Waals surface area contributed by atoms with Gasteiger partial charge in [-0.25, -0.2) is 0 Å². The Bertz CT molecular complexity index is 607. The van der Waals surface area contributed by atoms with Crippen LogP contribution in [0, 0.1) is 23.2 Å². The van der Waals surface area contributed by atoms with Crippen LogP contribution in [-0.4, -0.2) is 43.7 Å². The van der Waals surface area contributed by atoms with Gasteiger partial charge in [0.25, 0.3) is 0 Å². The highest BCUT2D eigenvalue weighted by Gasteiger charge is 2.39. The van der Waals surface area contributed by atoms with Gasteiger partial charge in [0.15, 0.2) is 0 Å². The van der Waals surface area contributed by atoms with Crippen molar-refractivity contribution in [2.75, 3.05) is 26.8 Å². The van der Waals surface area contributed by atoms with Crippen molar-refractivity contribution >= 4 is 5.91 Å². The van der Waals surface area contributed by atoms with Gasteiger partial charge < -0.3 is 10.1 Å². The third-order valence-corrected chi connectivity index (χ3v) is 4.69. The van der Waals surface area contributed by atoms with Crippen molar-refractivity contribution in [2.45, 2.75) is 25.4 Å². The Labute approximate surface area is 137 Å². The summed E-state index contributed by atoms with van der Waals surface area (Å²) >= 11 is 0. The molecule has 122 valence electrons. The summed E-state index contributed by atoms with van der Waals surface area (Å²) in [6.45, 7) is 2.86. The van der Waals surface area contributed by atoms with Crippen LogP contribution in [0.4, 0.5) is 0 Å². The average Bonchev–Trinajstić information content (AvgIpc) is 3.28. The smallest absolute Gasteiger partial charge is 0.225 e. The Morgan fingerprint density at radius 3 is 2.87 bits per heavy atom. The molecular weight excluding hydrogens is 290 g/mol. The van der Waals surface area contributed by atoms with Gasteiger partial charge in [-0.3, -0.25) is 9.69 Å². The van der Waals surface area contributed by atoms with Crippen LogP contribution in [0.3, 0.4) is 0 Å². The molecule has 1 aliphatic heterocycles. The number of methoxy groups -OCH3 is 1. The number of nitriles is 1. The van der Waals surface area contributed by atoms with Gasteiger partial charge in [0.2, 0.25) is 5.91 Å². The van der Waals surface area contributed by atoms with E-state index in [0.717, 1.165) is 31.5 Å². The van der Waals surface area contributed by atoms with Crippen molar-refractivity contribution in [3.63, 3.8) is 0 Å². The monoisotopic (exact) mass is 313 g/mol. The molecule has 1 aromatic rings. The highest BCUT2D eigenvalue weighted by molar-refractivity contribution is 5.80. The fraction of sp³-hybridized carbons (Fsp3) is 0.556. The number of nitrogens with one attached hydrogen (secondary N) is 1. The summed E-state index contributed by atoms with van der Waals surface area (Å²) in [4.78, 5) is 14.7. The zero-order valence-electron chi connectivity index (χ0n) is 13.5. The van der Waals surface area contributed by atoms with E-state index in [1.165, 1.54) is 0 Å². The lowest BCUT2D eigenvalue weighted by atomic mass is 9.96. The number of ether oxygens (including phenoxy) is 1. The summed E-state index contributed by atoms with van der Waals surface area (Å²) in [6.07, 6.45) is 2.21. The molecule has 23 heavy (non-hydrogen) atoms. The maximum Gasteiger partial charge on any atom is 0.225 e. The van der Waals surface area contributed by atoms with Crippen molar-refractivity contribution in [1.29, 1.82) is 5.26 Å². The van der Waals surface area contributed by atoms with E-state index in [2.05, 4.69) is 16.3 Å². The Morgan fingerprint density at radius 1 is 1.39 bits per heavy atom. The maximum absolute atomic E-state index is 12.5. The number of nitrogens with zero attached hydrogens (tertiary/aromatic N) is 2. The fourth-order valence-electron chi connectivity index (χ4n) is 3.31. The van der Waals surface area contributed by atoms with Crippen LogP contribution >= 0.6 is 0 Å². The highest BCUT2D eigenvalue weighted by atomic mass is 16.5. The van der Waals surface area contributed by atoms with Crippen LogP contribution in [0.1, 0.15) is 24.0 Å². The van der Waals surface area contributed by atoms with Crippen LogP contribution in [0.5, 0.6) is 0 Å². The molecule has 5 nitrogen and oxygen atoms in total. The van der Waals surface area contributed by atoms with Gasteiger partial charge in [-0.05, 0) is 24.5 Å². The first kappa shape index (κ1) is 16.0. The lowest BCUT2D eigenvalue weighted by Crippen LogP contribution is -2.37. The summed E-state index contributed by atoms with van der Waals surface area (Å²) in [5, 5.41) is 12.3. The topological polar surface area (TPSA) is 65.4 Å². The van der Waals surface area contributed by atoms with E-state index >= 15 is 0 Å². The molecule has 1 aliphatic carbocycles. The Hall–Kier alpha value is -1.90. The molecule has 1 saturated heterocycles. The van der Waals surface area contributed by atoms with Crippen LogP contribution in [0.15, 0.2) is 24.3 Å².